The van der Waals surface area contributed by atoms with Crippen molar-refractivity contribution in [2.45, 2.75) is 6.92 Å². The van der Waals surface area contributed by atoms with Crippen molar-refractivity contribution in [3.8, 4) is 11.3 Å². The first-order valence-corrected chi connectivity index (χ1v) is 10.9. The lowest BCUT2D eigenvalue weighted by Gasteiger charge is -2.17. The van der Waals surface area contributed by atoms with Crippen molar-refractivity contribution in [2.75, 3.05) is 4.90 Å². The van der Waals surface area contributed by atoms with Crippen molar-refractivity contribution in [1.29, 1.82) is 0 Å². The van der Waals surface area contributed by atoms with E-state index < -0.39 is 16.8 Å². The molecule has 1 fully saturated rings. The molecule has 1 saturated heterocycles. The number of benzene rings is 2. The van der Waals surface area contributed by atoms with Gasteiger partial charge in [-0.1, -0.05) is 41.6 Å². The summed E-state index contributed by atoms with van der Waals surface area (Å²) >= 11 is 12.6. The Kier molecular flexibility index (Phi) is 6.07. The zero-order chi connectivity index (χ0) is 23.9. The molecule has 8 nitrogen and oxygen atoms in total. The van der Waals surface area contributed by atoms with Gasteiger partial charge >= 0.3 is 5.97 Å². The fourth-order valence-corrected chi connectivity index (χ4v) is 4.71. The van der Waals surface area contributed by atoms with Crippen LogP contribution in [-0.2, 0) is 4.79 Å². The lowest BCUT2D eigenvalue weighted by Crippen LogP contribution is -2.28. The van der Waals surface area contributed by atoms with Crippen LogP contribution in [0.15, 0.2) is 57.9 Å². The number of nitro benzene ring substituents is 1. The van der Waals surface area contributed by atoms with Gasteiger partial charge in [-0.2, -0.15) is 0 Å². The Balaban J connectivity index is 1.63. The van der Waals surface area contributed by atoms with Crippen LogP contribution in [0.2, 0.25) is 5.02 Å². The van der Waals surface area contributed by atoms with E-state index in [-0.39, 0.29) is 20.6 Å². The molecule has 1 aliphatic heterocycles. The van der Waals surface area contributed by atoms with Crippen LogP contribution < -0.4 is 4.90 Å². The highest BCUT2D eigenvalue weighted by Crippen LogP contribution is 2.39. The summed E-state index contributed by atoms with van der Waals surface area (Å²) in [5, 5.41) is 20.3. The molecule has 33 heavy (non-hydrogen) atoms. The second kappa shape index (κ2) is 8.81. The van der Waals surface area contributed by atoms with Gasteiger partial charge in [0.25, 0.3) is 11.6 Å². The topological polar surface area (TPSA) is 114 Å². The molecule has 0 aliphatic carbocycles. The highest BCUT2D eigenvalue weighted by Gasteiger charge is 2.34. The van der Waals surface area contributed by atoms with E-state index in [9.17, 15) is 24.8 Å². The van der Waals surface area contributed by atoms with E-state index in [0.29, 0.717) is 33.2 Å². The van der Waals surface area contributed by atoms with Crippen molar-refractivity contribution in [3.05, 3.63) is 85.5 Å². The number of nitro groups is 1. The number of aromatic carboxylic acids is 1. The van der Waals surface area contributed by atoms with Crippen LogP contribution in [0.1, 0.15) is 21.7 Å². The zero-order valence-corrected chi connectivity index (χ0v) is 19.2. The highest BCUT2D eigenvalue weighted by molar-refractivity contribution is 8.27. The number of amides is 1. The van der Waals surface area contributed by atoms with E-state index in [4.69, 9.17) is 28.2 Å². The first kappa shape index (κ1) is 22.7. The number of non-ortho nitro benzene ring substituents is 1. The average Bonchev–Trinajstić information content (AvgIpc) is 3.32. The minimum Gasteiger partial charge on any atom is -0.478 e. The molecular weight excluding hydrogens is 488 g/mol. The van der Waals surface area contributed by atoms with E-state index >= 15 is 0 Å². The number of anilines is 1. The van der Waals surface area contributed by atoms with Gasteiger partial charge in [0.2, 0.25) is 0 Å². The Hall–Kier alpha value is -3.47. The van der Waals surface area contributed by atoms with Crippen molar-refractivity contribution in [2.24, 2.45) is 0 Å². The molecule has 1 N–H and O–H groups in total. The Labute approximate surface area is 201 Å². The summed E-state index contributed by atoms with van der Waals surface area (Å²) in [5.41, 5.74) is 1.48. The molecule has 1 aliphatic rings. The molecule has 4 rings (SSSR count). The van der Waals surface area contributed by atoms with Crippen LogP contribution in [0.3, 0.4) is 0 Å². The van der Waals surface area contributed by atoms with Crippen LogP contribution in [-0.4, -0.2) is 26.2 Å². The molecule has 11 heteroatoms. The molecule has 0 spiro atoms. The molecule has 0 unspecified atom stereocenters. The number of thiocarbonyl (C=S) groups is 1. The molecule has 3 aromatic rings. The molecule has 2 aromatic carbocycles. The maximum absolute atomic E-state index is 13.1. The largest absolute Gasteiger partial charge is 0.478 e. The maximum atomic E-state index is 13.1. The summed E-state index contributed by atoms with van der Waals surface area (Å²) in [6, 6.07) is 11.8. The molecule has 0 saturated carbocycles. The van der Waals surface area contributed by atoms with Crippen molar-refractivity contribution in [3.63, 3.8) is 0 Å². The predicted molar refractivity (Wildman–Crippen MR) is 130 cm³/mol. The summed E-state index contributed by atoms with van der Waals surface area (Å²) in [6.07, 6.45) is 1.53. The Bertz CT molecular complexity index is 1380. The molecule has 166 valence electrons. The second-order valence-corrected chi connectivity index (χ2v) is 9.03. The van der Waals surface area contributed by atoms with E-state index in [1.807, 2.05) is 0 Å². The lowest BCUT2D eigenvalue weighted by atomic mass is 10.1. The molecule has 0 atom stereocenters. The van der Waals surface area contributed by atoms with Gasteiger partial charge in [-0.3, -0.25) is 19.8 Å². The quantitative estimate of drug-likeness (QED) is 0.199. The van der Waals surface area contributed by atoms with Crippen LogP contribution in [0, 0.1) is 17.0 Å². The van der Waals surface area contributed by atoms with Crippen molar-refractivity contribution >= 4 is 69.2 Å². The SMILES string of the molecule is Cc1ccc(C(=O)O)cc1N1C(=O)C(=Cc2ccc(-c3ccc([N+](=O)[O-])cc3Cl)o2)SC1=S. The molecule has 1 amide bonds. The third-order valence-corrected chi connectivity index (χ3v) is 6.43. The van der Waals surface area contributed by atoms with Gasteiger partial charge in [-0.05, 0) is 42.8 Å². The number of carbonyl (C=O) groups excluding carboxylic acids is 1. The number of aryl methyl sites for hydroxylation is 1. The number of carboxylic acid groups (broad SMARTS) is 1. The number of hydrogen-bond donors (Lipinski definition) is 1. The molecule has 2 heterocycles. The third-order valence-electron chi connectivity index (χ3n) is 4.82. The standard InChI is InChI=1S/C22H13ClN2O6S2/c1-11-2-3-12(21(27)28)8-17(11)24-20(26)19(33-22(24)32)10-14-5-7-18(31-14)15-6-4-13(25(29)30)9-16(15)23/h2-10H,1H3,(H,27,28). The van der Waals surface area contributed by atoms with Gasteiger partial charge in [-0.15, -0.1) is 0 Å². The Morgan fingerprint density at radius 2 is 2.00 bits per heavy atom. The molecular formula is C22H13ClN2O6S2. The molecule has 0 bridgehead atoms. The number of rotatable bonds is 5. The lowest BCUT2D eigenvalue weighted by molar-refractivity contribution is -0.384. The second-order valence-electron chi connectivity index (χ2n) is 6.95. The maximum Gasteiger partial charge on any atom is 0.335 e. The smallest absolute Gasteiger partial charge is 0.335 e. The normalized spacial score (nSPS) is 14.8. The van der Waals surface area contributed by atoms with Crippen LogP contribution in [0.5, 0.6) is 0 Å². The summed E-state index contributed by atoms with van der Waals surface area (Å²) in [4.78, 5) is 36.3. The first-order valence-electron chi connectivity index (χ1n) is 9.32. The fraction of sp³-hybridized carbons (Fsp3) is 0.0455. The number of furan rings is 1. The Morgan fingerprint density at radius 1 is 1.24 bits per heavy atom. The van der Waals surface area contributed by atoms with Crippen LogP contribution in [0.25, 0.3) is 17.4 Å². The molecule has 1 aromatic heterocycles. The number of carbonyl (C=O) groups is 2. The Morgan fingerprint density at radius 3 is 2.67 bits per heavy atom. The van der Waals surface area contributed by atoms with E-state index in [2.05, 4.69) is 0 Å². The zero-order valence-electron chi connectivity index (χ0n) is 16.8. The number of halogens is 1. The summed E-state index contributed by atoms with van der Waals surface area (Å²) < 4.78 is 6.04. The first-order chi connectivity index (χ1) is 15.7. The summed E-state index contributed by atoms with van der Waals surface area (Å²) in [7, 11) is 0. The highest BCUT2D eigenvalue weighted by atomic mass is 35.5. The number of thioether (sulfide) groups is 1. The number of nitrogens with zero attached hydrogens (tertiary/aromatic N) is 2. The third kappa shape index (κ3) is 4.40. The average molecular weight is 501 g/mol. The van der Waals surface area contributed by atoms with E-state index in [1.54, 1.807) is 25.1 Å². The number of carboxylic acids is 1. The van der Waals surface area contributed by atoms with Gasteiger partial charge in [0.15, 0.2) is 4.32 Å². The van der Waals surface area contributed by atoms with Gasteiger partial charge < -0.3 is 9.52 Å². The number of hydrogen-bond acceptors (Lipinski definition) is 7. The van der Waals surface area contributed by atoms with E-state index in [0.717, 1.165) is 11.8 Å². The van der Waals surface area contributed by atoms with Gasteiger partial charge in [0.1, 0.15) is 11.5 Å². The van der Waals surface area contributed by atoms with Crippen LogP contribution in [0.4, 0.5) is 11.4 Å². The van der Waals surface area contributed by atoms with Crippen LogP contribution >= 0.6 is 35.6 Å². The summed E-state index contributed by atoms with van der Waals surface area (Å²) in [5.74, 6) is -0.773. The molecule has 0 radical (unpaired) electrons. The fourth-order valence-electron chi connectivity index (χ4n) is 3.18. The summed E-state index contributed by atoms with van der Waals surface area (Å²) in [6.45, 7) is 1.76. The minimum absolute atomic E-state index is 0.0456. The van der Waals surface area contributed by atoms with Gasteiger partial charge in [-0.25, -0.2) is 4.79 Å². The van der Waals surface area contributed by atoms with E-state index in [1.165, 1.54) is 41.3 Å². The minimum atomic E-state index is -1.11. The van der Waals surface area contributed by atoms with Crippen molar-refractivity contribution in [1.82, 2.24) is 0 Å². The van der Waals surface area contributed by atoms with Gasteiger partial charge in [0, 0.05) is 23.8 Å². The van der Waals surface area contributed by atoms with Crippen molar-refractivity contribution < 1.29 is 24.0 Å². The predicted octanol–water partition coefficient (Wildman–Crippen LogP) is 5.92. The van der Waals surface area contributed by atoms with Gasteiger partial charge in [0.05, 0.1) is 26.1 Å². The monoisotopic (exact) mass is 500 g/mol.